The minimum Gasteiger partial charge on any atom is -0.455 e. The van der Waals surface area contributed by atoms with Crippen molar-refractivity contribution in [1.29, 1.82) is 0 Å². The molecule has 0 spiro atoms. The lowest BCUT2D eigenvalue weighted by molar-refractivity contribution is 0.670. The van der Waals surface area contributed by atoms with E-state index in [-0.39, 0.29) is 0 Å². The van der Waals surface area contributed by atoms with Crippen LogP contribution in [0.1, 0.15) is 0 Å². The molecule has 28 rings (SSSR count). The minimum absolute atomic E-state index is 0.536. The van der Waals surface area contributed by atoms with Crippen molar-refractivity contribution in [3.63, 3.8) is 0 Å². The van der Waals surface area contributed by atoms with Gasteiger partial charge in [0, 0.05) is 125 Å². The van der Waals surface area contributed by atoms with Crippen LogP contribution in [0.5, 0.6) is 0 Å². The van der Waals surface area contributed by atoms with E-state index in [1.807, 2.05) is 151 Å². The van der Waals surface area contributed by atoms with E-state index >= 15 is 0 Å². The maximum atomic E-state index is 6.55. The van der Waals surface area contributed by atoms with Crippen molar-refractivity contribution in [2.45, 2.75) is 0 Å². The second-order valence-corrected chi connectivity index (χ2v) is 35.5. The smallest absolute Gasteiger partial charge is 0.238 e. The molecule has 16 heteroatoms. The molecule has 10 aromatic heterocycles. The molecule has 0 aliphatic carbocycles. The highest BCUT2D eigenvalue weighted by Crippen LogP contribution is 2.48. The molecule has 18 aromatic carbocycles. The van der Waals surface area contributed by atoms with Gasteiger partial charge in [0.15, 0.2) is 34.9 Å². The van der Waals surface area contributed by atoms with Crippen LogP contribution in [-0.2, 0) is 0 Å². The third-order valence-electron chi connectivity index (χ3n) is 26.4. The molecule has 15 nitrogen and oxygen atoms in total. The molecule has 644 valence electrons. The van der Waals surface area contributed by atoms with Crippen molar-refractivity contribution in [2.24, 2.45) is 0 Å². The van der Waals surface area contributed by atoms with Gasteiger partial charge in [-0.3, -0.25) is 9.13 Å². The van der Waals surface area contributed by atoms with Crippen LogP contribution in [0.2, 0.25) is 0 Å². The maximum absolute atomic E-state index is 6.55. The quantitative estimate of drug-likeness (QED) is 0.102. The molecule has 0 amide bonds. The summed E-state index contributed by atoms with van der Waals surface area (Å²) in [5.41, 5.74) is 27.0. The predicted molar refractivity (Wildman–Crippen MR) is 563 cm³/mol. The van der Waals surface area contributed by atoms with Crippen molar-refractivity contribution < 1.29 is 4.42 Å². The van der Waals surface area contributed by atoms with Gasteiger partial charge < -0.3 is 13.6 Å². The molecule has 0 bridgehead atoms. The maximum Gasteiger partial charge on any atom is 0.238 e. The molecule has 0 saturated carbocycles. The first-order chi connectivity index (χ1) is 68.4. The molecule has 0 N–H and O–H groups in total. The summed E-state index contributed by atoms with van der Waals surface area (Å²) in [6.45, 7) is 0. The predicted octanol–water partition coefficient (Wildman–Crippen LogP) is 30.6. The number of furan rings is 1. The largest absolute Gasteiger partial charge is 0.455 e. The van der Waals surface area contributed by atoms with Crippen LogP contribution in [0, 0.1) is 0 Å². The molecular formula is C122H74N14OS. The molecular weight excluding hydrogens is 1710 g/mol. The highest BCUT2D eigenvalue weighted by Gasteiger charge is 2.29. The molecule has 0 atom stereocenters. The van der Waals surface area contributed by atoms with Gasteiger partial charge in [0.05, 0.1) is 55.5 Å². The summed E-state index contributed by atoms with van der Waals surface area (Å²) < 4.78 is 18.0. The van der Waals surface area contributed by atoms with E-state index in [4.69, 9.17) is 54.3 Å². The van der Waals surface area contributed by atoms with E-state index in [1.165, 1.54) is 25.7 Å². The van der Waals surface area contributed by atoms with Crippen LogP contribution in [0.4, 0.5) is 0 Å². The SMILES string of the molecule is c1ccc(-c2nc(-c3ccccc3)nc(-n3c4ccccc4c4cc(-c5nc(-c6cccc(-c7cccc8c7oc7ccccc78)c6)c6c(n5)c5ccccc5n6-c5ccccc5)ccc43)n2)cc1.c1ccc(-c2nc(-c3ccccc3)nc(-n3c4ccccc4c4cc(-c5nc(-c6cccc(-c7cccc8c7sc7ccccc78)c6)c6c(n5)c5ccccc5n6-c5ccccc5)ccc43)n2)cc1. The first-order valence-corrected chi connectivity index (χ1v) is 46.8. The minimum atomic E-state index is 0.536. The highest BCUT2D eigenvalue weighted by molar-refractivity contribution is 7.26. The Balaban J connectivity index is 0.000000139. The summed E-state index contributed by atoms with van der Waals surface area (Å²) in [6.07, 6.45) is 0. The van der Waals surface area contributed by atoms with Gasteiger partial charge in [0.1, 0.15) is 22.2 Å². The van der Waals surface area contributed by atoms with Crippen molar-refractivity contribution in [3.8, 4) is 136 Å². The topological polar surface area (TPSA) is 162 Å². The molecule has 0 aliphatic rings. The van der Waals surface area contributed by atoms with Gasteiger partial charge in [-0.25, -0.2) is 29.9 Å². The summed E-state index contributed by atoms with van der Waals surface area (Å²) in [6, 6.07) is 156. The third kappa shape index (κ3) is 13.3. The Morgan fingerprint density at radius 2 is 0.529 bits per heavy atom. The van der Waals surface area contributed by atoms with Crippen molar-refractivity contribution in [1.82, 2.24) is 68.1 Å². The first-order valence-electron chi connectivity index (χ1n) is 46.0. The van der Waals surface area contributed by atoms with E-state index in [2.05, 4.69) is 328 Å². The van der Waals surface area contributed by atoms with Crippen LogP contribution >= 0.6 is 11.3 Å². The number of benzene rings is 18. The Bertz CT molecular complexity index is 9060. The molecule has 0 fully saturated rings. The molecule has 0 radical (unpaired) electrons. The van der Waals surface area contributed by atoms with Crippen molar-refractivity contribution in [3.05, 3.63) is 449 Å². The summed E-state index contributed by atoms with van der Waals surface area (Å²) in [4.78, 5) is 52.9. The number of aromatic nitrogens is 14. The van der Waals surface area contributed by atoms with E-state index in [9.17, 15) is 0 Å². The number of nitrogens with zero attached hydrogens (tertiary/aromatic N) is 14. The second kappa shape index (κ2) is 32.7. The van der Waals surface area contributed by atoms with Gasteiger partial charge >= 0.3 is 0 Å². The fourth-order valence-corrected chi connectivity index (χ4v) is 21.3. The summed E-state index contributed by atoms with van der Waals surface area (Å²) in [5, 5.41) is 11.1. The van der Waals surface area contributed by atoms with Gasteiger partial charge in [-0.05, 0) is 126 Å². The van der Waals surface area contributed by atoms with Crippen LogP contribution in [0.3, 0.4) is 0 Å². The van der Waals surface area contributed by atoms with Crippen LogP contribution < -0.4 is 0 Å². The van der Waals surface area contributed by atoms with E-state index < -0.39 is 0 Å². The Kier molecular flexibility index (Phi) is 18.7. The fraction of sp³-hybridized carbons (Fsp3) is 0. The zero-order valence-corrected chi connectivity index (χ0v) is 74.6. The van der Waals surface area contributed by atoms with Gasteiger partial charge in [-0.1, -0.05) is 340 Å². The average Bonchev–Trinajstić information content (AvgIpc) is 1.57. The van der Waals surface area contributed by atoms with Crippen LogP contribution in [0.15, 0.2) is 453 Å². The normalized spacial score (nSPS) is 11.8. The molecule has 0 saturated heterocycles. The van der Waals surface area contributed by atoms with Gasteiger partial charge in [-0.15, -0.1) is 11.3 Å². The number of hydrogen-bond acceptors (Lipinski definition) is 12. The average molecular weight is 1780 g/mol. The van der Waals surface area contributed by atoms with Crippen molar-refractivity contribution in [2.75, 3.05) is 0 Å². The van der Waals surface area contributed by atoms with Crippen LogP contribution in [0.25, 0.3) is 266 Å². The molecule has 28 aromatic rings. The molecule has 138 heavy (non-hydrogen) atoms. The van der Waals surface area contributed by atoms with Gasteiger partial charge in [0.25, 0.3) is 0 Å². The molecule has 10 heterocycles. The van der Waals surface area contributed by atoms with E-state index in [0.29, 0.717) is 46.8 Å². The van der Waals surface area contributed by atoms with E-state index in [0.717, 1.165) is 193 Å². The zero-order valence-electron chi connectivity index (χ0n) is 73.8. The molecule has 0 unspecified atom stereocenters. The monoisotopic (exact) mass is 1780 g/mol. The number of thiophene rings is 1. The lowest BCUT2D eigenvalue weighted by Crippen LogP contribution is -2.06. The summed E-state index contributed by atoms with van der Waals surface area (Å²) in [7, 11) is 0. The number of para-hydroxylation sites is 8. The Morgan fingerprint density at radius 1 is 0.196 bits per heavy atom. The van der Waals surface area contributed by atoms with Crippen LogP contribution in [-0.4, -0.2) is 68.1 Å². The first kappa shape index (κ1) is 79.1. The summed E-state index contributed by atoms with van der Waals surface area (Å²) >= 11 is 1.85. The standard InChI is InChI=1S/C61H37N7O.C61H37N7S/c2*1-4-18-38(19-5-1)58-64-59(39-20-6-2-7-21-39)66-61(65-58)68-50-31-13-10-26-45(50)49-37-42(34-35-52(49)68)60-62-54(56-55(63-60)48-28-11-14-32-51(48)67(56)43-24-8-3-9-25-43)41-23-16-22-40(36-41)44-29-17-30-47-46-27-12-15-33-53(46)69-57(44)47/h2*1-37H. The Hall–Kier alpha value is -18.6. The van der Waals surface area contributed by atoms with E-state index in [1.54, 1.807) is 0 Å². The van der Waals surface area contributed by atoms with Crippen molar-refractivity contribution >= 4 is 141 Å². The summed E-state index contributed by atoms with van der Waals surface area (Å²) in [5.74, 6) is 4.76. The number of hydrogen-bond donors (Lipinski definition) is 0. The van der Waals surface area contributed by atoms with Gasteiger partial charge in [0.2, 0.25) is 11.9 Å². The second-order valence-electron chi connectivity index (χ2n) is 34.5. The third-order valence-corrected chi connectivity index (χ3v) is 27.6. The zero-order chi connectivity index (χ0) is 90.8. The lowest BCUT2D eigenvalue weighted by Gasteiger charge is -2.13. The Morgan fingerprint density at radius 3 is 0.993 bits per heavy atom. The lowest BCUT2D eigenvalue weighted by atomic mass is 9.99. The number of rotatable bonds is 14. The highest BCUT2D eigenvalue weighted by atomic mass is 32.1. The number of fused-ring (bicyclic) bond motifs is 18. The Labute approximate surface area is 793 Å². The molecule has 0 aliphatic heterocycles. The van der Waals surface area contributed by atoms with Gasteiger partial charge in [-0.2, -0.15) is 19.9 Å². The fourth-order valence-electron chi connectivity index (χ4n) is 20.1.